The molecule has 0 heterocycles. The predicted octanol–water partition coefficient (Wildman–Crippen LogP) is 1.63. The van der Waals surface area contributed by atoms with Crippen molar-refractivity contribution in [3.05, 3.63) is 0 Å². The topological polar surface area (TPSA) is 49.3 Å². The molecular formula is C10H19NO2. The van der Waals surface area contributed by atoms with E-state index in [0.717, 1.165) is 12.8 Å². The largest absolute Gasteiger partial charge is 0.480 e. The first-order valence-corrected chi connectivity index (χ1v) is 4.79. The summed E-state index contributed by atoms with van der Waals surface area (Å²) >= 11 is 0. The number of carbonyl (C=O) groups is 1. The minimum Gasteiger partial charge on any atom is -0.480 e. The fourth-order valence-electron chi connectivity index (χ4n) is 2.45. The van der Waals surface area contributed by atoms with Gasteiger partial charge in [-0.3, -0.25) is 10.1 Å². The summed E-state index contributed by atoms with van der Waals surface area (Å²) < 4.78 is 0. The molecule has 0 bridgehead atoms. The molecule has 0 amide bonds. The van der Waals surface area contributed by atoms with Crippen LogP contribution in [-0.4, -0.2) is 22.7 Å². The summed E-state index contributed by atoms with van der Waals surface area (Å²) in [6.45, 7) is 8.18. The van der Waals surface area contributed by atoms with Crippen LogP contribution in [0, 0.1) is 5.41 Å². The summed E-state index contributed by atoms with van der Waals surface area (Å²) in [6.07, 6.45) is 1.46. The average molecular weight is 185 g/mol. The molecule has 0 aromatic heterocycles. The van der Waals surface area contributed by atoms with E-state index in [1.165, 1.54) is 0 Å². The fourth-order valence-corrected chi connectivity index (χ4v) is 2.45. The molecule has 0 atom stereocenters. The average Bonchev–Trinajstić information content (AvgIpc) is 1.80. The third-order valence-corrected chi connectivity index (χ3v) is 2.54. The van der Waals surface area contributed by atoms with Crippen molar-refractivity contribution in [2.45, 2.75) is 52.1 Å². The van der Waals surface area contributed by atoms with E-state index in [0.29, 0.717) is 0 Å². The van der Waals surface area contributed by atoms with Crippen LogP contribution in [0.5, 0.6) is 0 Å². The van der Waals surface area contributed by atoms with Crippen molar-refractivity contribution < 1.29 is 9.90 Å². The zero-order valence-corrected chi connectivity index (χ0v) is 8.85. The normalized spacial score (nSPS) is 24.1. The van der Waals surface area contributed by atoms with Gasteiger partial charge in [0.2, 0.25) is 0 Å². The van der Waals surface area contributed by atoms with E-state index in [-0.39, 0.29) is 11.5 Å². The third-order valence-electron chi connectivity index (χ3n) is 2.54. The van der Waals surface area contributed by atoms with Crippen molar-refractivity contribution in [1.82, 2.24) is 5.32 Å². The Kier molecular flexibility index (Phi) is 2.41. The molecule has 0 spiro atoms. The zero-order chi connectivity index (χ0) is 10.3. The van der Waals surface area contributed by atoms with Crippen LogP contribution in [0.4, 0.5) is 0 Å². The maximum Gasteiger partial charge on any atom is 0.323 e. The molecule has 0 radical (unpaired) electrons. The summed E-state index contributed by atoms with van der Waals surface area (Å²) in [5.74, 6) is -0.708. The lowest BCUT2D eigenvalue weighted by Gasteiger charge is -2.51. The van der Waals surface area contributed by atoms with Gasteiger partial charge in [0.1, 0.15) is 5.54 Å². The lowest BCUT2D eigenvalue weighted by Crippen LogP contribution is -2.65. The number of aliphatic carboxylic acids is 1. The molecule has 1 fully saturated rings. The van der Waals surface area contributed by atoms with Gasteiger partial charge >= 0.3 is 5.97 Å². The maximum absolute atomic E-state index is 11.1. The molecule has 1 rings (SSSR count). The minimum absolute atomic E-state index is 0.181. The first kappa shape index (κ1) is 10.5. The molecule has 3 heteroatoms. The molecule has 1 aliphatic carbocycles. The molecule has 0 unspecified atom stereocenters. The number of carboxylic acid groups (broad SMARTS) is 1. The van der Waals surface area contributed by atoms with Gasteiger partial charge in [-0.2, -0.15) is 0 Å². The van der Waals surface area contributed by atoms with Crippen LogP contribution in [0.15, 0.2) is 0 Å². The highest BCUT2D eigenvalue weighted by Gasteiger charge is 2.54. The van der Waals surface area contributed by atoms with Crippen molar-refractivity contribution >= 4 is 5.97 Å². The van der Waals surface area contributed by atoms with E-state index in [4.69, 9.17) is 5.11 Å². The zero-order valence-electron chi connectivity index (χ0n) is 8.85. The molecule has 2 N–H and O–H groups in total. The molecule has 0 aromatic rings. The van der Waals surface area contributed by atoms with Crippen molar-refractivity contribution in [3.63, 3.8) is 0 Å². The molecule has 1 saturated carbocycles. The molecule has 1 aliphatic rings. The van der Waals surface area contributed by atoms with Gasteiger partial charge in [-0.15, -0.1) is 0 Å². The molecule has 3 nitrogen and oxygen atoms in total. The Morgan fingerprint density at radius 3 is 2.08 bits per heavy atom. The van der Waals surface area contributed by atoms with Crippen LogP contribution in [0.25, 0.3) is 0 Å². The highest BCUT2D eigenvalue weighted by atomic mass is 16.4. The summed E-state index contributed by atoms with van der Waals surface area (Å²) in [6, 6.07) is 0.229. The predicted molar refractivity (Wildman–Crippen MR) is 51.7 cm³/mol. The molecule has 0 aliphatic heterocycles. The van der Waals surface area contributed by atoms with Crippen LogP contribution in [-0.2, 0) is 4.79 Å². The van der Waals surface area contributed by atoms with E-state index < -0.39 is 11.5 Å². The van der Waals surface area contributed by atoms with Crippen LogP contribution in [0.1, 0.15) is 40.5 Å². The molecule has 13 heavy (non-hydrogen) atoms. The van der Waals surface area contributed by atoms with E-state index in [1.54, 1.807) is 0 Å². The fraction of sp³-hybridized carbons (Fsp3) is 0.900. The van der Waals surface area contributed by atoms with Gasteiger partial charge < -0.3 is 5.11 Å². The van der Waals surface area contributed by atoms with Crippen molar-refractivity contribution in [2.24, 2.45) is 5.41 Å². The Hall–Kier alpha value is -0.570. The standard InChI is InChI=1S/C10H19NO2/c1-7(2)11-10(8(12)13)5-9(3,4)6-10/h7,11H,5-6H2,1-4H3,(H,12,13). The van der Waals surface area contributed by atoms with Gasteiger partial charge in [0.25, 0.3) is 0 Å². The lowest BCUT2D eigenvalue weighted by molar-refractivity contribution is -0.155. The van der Waals surface area contributed by atoms with Crippen molar-refractivity contribution in [3.8, 4) is 0 Å². The summed E-state index contributed by atoms with van der Waals surface area (Å²) in [4.78, 5) is 11.1. The van der Waals surface area contributed by atoms with Crippen LogP contribution >= 0.6 is 0 Å². The Balaban J connectivity index is 2.66. The van der Waals surface area contributed by atoms with Crippen molar-refractivity contribution in [2.75, 3.05) is 0 Å². The Morgan fingerprint density at radius 2 is 1.85 bits per heavy atom. The Labute approximate surface area is 79.5 Å². The van der Waals surface area contributed by atoms with Gasteiger partial charge in [0.15, 0.2) is 0 Å². The minimum atomic E-state index is -0.708. The maximum atomic E-state index is 11.1. The second kappa shape index (κ2) is 2.98. The van der Waals surface area contributed by atoms with Crippen LogP contribution in [0.2, 0.25) is 0 Å². The summed E-state index contributed by atoms with van der Waals surface area (Å²) in [5.41, 5.74) is -0.474. The number of hydrogen-bond acceptors (Lipinski definition) is 2. The van der Waals surface area contributed by atoms with Gasteiger partial charge in [-0.25, -0.2) is 0 Å². The van der Waals surface area contributed by atoms with Gasteiger partial charge in [-0.1, -0.05) is 13.8 Å². The van der Waals surface area contributed by atoms with E-state index in [9.17, 15) is 4.79 Å². The molecule has 76 valence electrons. The number of rotatable bonds is 3. The van der Waals surface area contributed by atoms with Gasteiger partial charge in [-0.05, 0) is 32.1 Å². The molecule has 0 aromatic carbocycles. The lowest BCUT2D eigenvalue weighted by atomic mass is 9.59. The first-order valence-electron chi connectivity index (χ1n) is 4.79. The SMILES string of the molecule is CC(C)NC1(C(=O)O)CC(C)(C)C1. The van der Waals surface area contributed by atoms with Crippen LogP contribution in [0.3, 0.4) is 0 Å². The smallest absolute Gasteiger partial charge is 0.323 e. The summed E-state index contributed by atoms with van der Waals surface area (Å²) in [7, 11) is 0. The third kappa shape index (κ3) is 2.02. The van der Waals surface area contributed by atoms with Gasteiger partial charge in [0, 0.05) is 6.04 Å². The Bertz CT molecular complexity index is 207. The van der Waals surface area contributed by atoms with E-state index in [2.05, 4.69) is 19.2 Å². The quantitative estimate of drug-likeness (QED) is 0.702. The molecule has 0 saturated heterocycles. The number of hydrogen-bond donors (Lipinski definition) is 2. The number of nitrogens with one attached hydrogen (secondary N) is 1. The second-order valence-electron chi connectivity index (χ2n) is 5.20. The van der Waals surface area contributed by atoms with E-state index >= 15 is 0 Å². The number of carboxylic acids is 1. The highest BCUT2D eigenvalue weighted by molar-refractivity contribution is 5.80. The van der Waals surface area contributed by atoms with Crippen LogP contribution < -0.4 is 5.32 Å². The van der Waals surface area contributed by atoms with Gasteiger partial charge in [0.05, 0.1) is 0 Å². The Morgan fingerprint density at radius 1 is 1.38 bits per heavy atom. The highest BCUT2D eigenvalue weighted by Crippen LogP contribution is 2.48. The first-order chi connectivity index (χ1) is 5.77. The van der Waals surface area contributed by atoms with Crippen molar-refractivity contribution in [1.29, 1.82) is 0 Å². The monoisotopic (exact) mass is 185 g/mol. The molecular weight excluding hydrogens is 166 g/mol. The summed E-state index contributed by atoms with van der Waals surface area (Å²) in [5, 5.41) is 12.3. The van der Waals surface area contributed by atoms with E-state index in [1.807, 2.05) is 13.8 Å². The second-order valence-corrected chi connectivity index (χ2v) is 5.20.